The summed E-state index contributed by atoms with van der Waals surface area (Å²) in [5.74, 6) is 0.175. The van der Waals surface area contributed by atoms with Gasteiger partial charge in [-0.3, -0.25) is 20.4 Å². The number of carbonyl (C=O) groups is 2. The van der Waals surface area contributed by atoms with Crippen LogP contribution in [0.3, 0.4) is 0 Å². The summed E-state index contributed by atoms with van der Waals surface area (Å²) < 4.78 is 10.4. The number of nitrogens with one attached hydrogen (secondary N) is 2. The van der Waals surface area contributed by atoms with Crippen molar-refractivity contribution in [3.63, 3.8) is 0 Å². The molecule has 2 aromatic carbocycles. The van der Waals surface area contributed by atoms with Crippen molar-refractivity contribution in [2.45, 2.75) is 0 Å². The zero-order chi connectivity index (χ0) is 18.1. The van der Waals surface area contributed by atoms with Crippen LogP contribution in [0, 0.1) is 0 Å². The minimum absolute atomic E-state index is 0.238. The van der Waals surface area contributed by atoms with Crippen LogP contribution >= 0.6 is 11.6 Å². The number of methoxy groups -OCH3 is 1. The van der Waals surface area contributed by atoms with Crippen molar-refractivity contribution in [1.29, 1.82) is 0 Å². The lowest BCUT2D eigenvalue weighted by Crippen LogP contribution is -2.43. The van der Waals surface area contributed by atoms with Crippen LogP contribution in [-0.4, -0.2) is 25.5 Å². The van der Waals surface area contributed by atoms with Crippen LogP contribution in [0.5, 0.6) is 11.5 Å². The van der Waals surface area contributed by atoms with Gasteiger partial charge < -0.3 is 9.47 Å². The van der Waals surface area contributed by atoms with Crippen molar-refractivity contribution in [3.8, 4) is 11.5 Å². The first-order valence-corrected chi connectivity index (χ1v) is 7.74. The van der Waals surface area contributed by atoms with E-state index < -0.39 is 11.8 Å². The molecule has 2 aromatic rings. The molecule has 0 spiro atoms. The molecule has 6 nitrogen and oxygen atoms in total. The molecule has 0 aliphatic carbocycles. The lowest BCUT2D eigenvalue weighted by Gasteiger charge is -2.07. The van der Waals surface area contributed by atoms with Gasteiger partial charge in [0.05, 0.1) is 7.11 Å². The van der Waals surface area contributed by atoms with Gasteiger partial charge in [-0.1, -0.05) is 29.8 Å². The summed E-state index contributed by atoms with van der Waals surface area (Å²) in [4.78, 5) is 23.4. The molecule has 0 aliphatic heterocycles. The second kappa shape index (κ2) is 9.34. The average molecular weight is 361 g/mol. The number of rotatable bonds is 6. The smallest absolute Gasteiger partial charge is 0.276 e. The van der Waals surface area contributed by atoms with Crippen LogP contribution in [0.25, 0.3) is 6.08 Å². The van der Waals surface area contributed by atoms with Gasteiger partial charge in [0.1, 0.15) is 11.5 Å². The molecule has 7 heteroatoms. The number of amides is 2. The third-order valence-electron chi connectivity index (χ3n) is 3.06. The number of ether oxygens (including phenoxy) is 2. The van der Waals surface area contributed by atoms with Crippen molar-refractivity contribution < 1.29 is 19.1 Å². The second-order valence-corrected chi connectivity index (χ2v) is 5.29. The summed E-state index contributed by atoms with van der Waals surface area (Å²) in [6.45, 7) is -0.238. The molecular weight excluding hydrogens is 344 g/mol. The summed E-state index contributed by atoms with van der Waals surface area (Å²) >= 11 is 5.76. The van der Waals surface area contributed by atoms with Crippen molar-refractivity contribution in [3.05, 3.63) is 65.2 Å². The van der Waals surface area contributed by atoms with Crippen molar-refractivity contribution in [1.82, 2.24) is 10.9 Å². The van der Waals surface area contributed by atoms with Gasteiger partial charge in [0.25, 0.3) is 11.8 Å². The molecule has 0 bridgehead atoms. The molecule has 0 atom stereocenters. The Morgan fingerprint density at radius 1 is 1.08 bits per heavy atom. The van der Waals surface area contributed by atoms with Crippen LogP contribution in [-0.2, 0) is 9.59 Å². The first-order valence-electron chi connectivity index (χ1n) is 7.37. The lowest BCUT2D eigenvalue weighted by atomic mass is 10.2. The van der Waals surface area contributed by atoms with Gasteiger partial charge in [0.15, 0.2) is 6.61 Å². The van der Waals surface area contributed by atoms with E-state index in [2.05, 4.69) is 10.9 Å². The van der Waals surface area contributed by atoms with E-state index in [1.807, 2.05) is 12.1 Å². The third-order valence-corrected chi connectivity index (χ3v) is 3.31. The maximum atomic E-state index is 11.7. The monoisotopic (exact) mass is 360 g/mol. The number of benzene rings is 2. The summed E-state index contributed by atoms with van der Waals surface area (Å²) in [5.41, 5.74) is 5.27. The molecule has 0 heterocycles. The first-order chi connectivity index (χ1) is 12.1. The molecule has 2 rings (SSSR count). The van der Waals surface area contributed by atoms with Gasteiger partial charge in [-0.2, -0.15) is 0 Å². The van der Waals surface area contributed by atoms with Gasteiger partial charge in [0, 0.05) is 16.7 Å². The Morgan fingerprint density at radius 3 is 2.52 bits per heavy atom. The molecular formula is C18H17ClN2O4. The number of para-hydroxylation sites is 1. The lowest BCUT2D eigenvalue weighted by molar-refractivity contribution is -0.128. The Balaban J connectivity index is 1.76. The summed E-state index contributed by atoms with van der Waals surface area (Å²) in [7, 11) is 1.55. The standard InChI is InChI=1S/C18H17ClN2O4/c1-24-16-5-3-2-4-13(16)6-11-17(22)20-21-18(23)12-25-15-9-7-14(19)8-10-15/h2-11H,12H2,1H3,(H,20,22)(H,21,23). The Labute approximate surface area is 150 Å². The molecule has 0 radical (unpaired) electrons. The Bertz CT molecular complexity index is 760. The first kappa shape index (κ1) is 18.4. The van der Waals surface area contributed by atoms with E-state index in [1.54, 1.807) is 49.6 Å². The van der Waals surface area contributed by atoms with Gasteiger partial charge in [-0.15, -0.1) is 0 Å². The van der Waals surface area contributed by atoms with E-state index >= 15 is 0 Å². The van der Waals surface area contributed by atoms with E-state index in [1.165, 1.54) is 6.08 Å². The molecule has 130 valence electrons. The Hall–Kier alpha value is -2.99. The molecule has 0 fully saturated rings. The van der Waals surface area contributed by atoms with Crippen LogP contribution < -0.4 is 20.3 Å². The molecule has 2 N–H and O–H groups in total. The number of hydrogen-bond acceptors (Lipinski definition) is 4. The number of halogens is 1. The van der Waals surface area contributed by atoms with E-state index in [4.69, 9.17) is 21.1 Å². The van der Waals surface area contributed by atoms with E-state index in [-0.39, 0.29) is 6.61 Å². The maximum Gasteiger partial charge on any atom is 0.276 e. The molecule has 0 saturated carbocycles. The SMILES string of the molecule is COc1ccccc1C=CC(=O)NNC(=O)COc1ccc(Cl)cc1. The number of carbonyl (C=O) groups excluding carboxylic acids is 2. The summed E-state index contributed by atoms with van der Waals surface area (Å²) in [6.07, 6.45) is 2.88. The predicted molar refractivity (Wildman–Crippen MR) is 95.3 cm³/mol. The van der Waals surface area contributed by atoms with E-state index in [9.17, 15) is 9.59 Å². The van der Waals surface area contributed by atoms with E-state index in [0.717, 1.165) is 5.56 Å². The normalized spacial score (nSPS) is 10.3. The highest BCUT2D eigenvalue weighted by Crippen LogP contribution is 2.18. The molecule has 0 saturated heterocycles. The summed E-state index contributed by atoms with van der Waals surface area (Å²) in [6, 6.07) is 13.8. The van der Waals surface area contributed by atoms with Gasteiger partial charge >= 0.3 is 0 Å². The average Bonchev–Trinajstić information content (AvgIpc) is 2.64. The Morgan fingerprint density at radius 2 is 1.80 bits per heavy atom. The second-order valence-electron chi connectivity index (χ2n) is 4.86. The quantitative estimate of drug-likeness (QED) is 0.613. The van der Waals surface area contributed by atoms with Gasteiger partial charge in [-0.05, 0) is 36.4 Å². The zero-order valence-corrected chi connectivity index (χ0v) is 14.2. The largest absolute Gasteiger partial charge is 0.496 e. The topological polar surface area (TPSA) is 76.7 Å². The molecule has 0 unspecified atom stereocenters. The minimum Gasteiger partial charge on any atom is -0.496 e. The molecule has 25 heavy (non-hydrogen) atoms. The van der Waals surface area contributed by atoms with Crippen LogP contribution in [0.2, 0.25) is 5.02 Å². The predicted octanol–water partition coefficient (Wildman–Crippen LogP) is 2.59. The zero-order valence-electron chi connectivity index (χ0n) is 13.5. The van der Waals surface area contributed by atoms with E-state index in [0.29, 0.717) is 16.5 Å². The highest BCUT2D eigenvalue weighted by molar-refractivity contribution is 6.30. The maximum absolute atomic E-state index is 11.7. The van der Waals surface area contributed by atoms with Gasteiger partial charge in [-0.25, -0.2) is 0 Å². The van der Waals surface area contributed by atoms with Crippen LogP contribution in [0.4, 0.5) is 0 Å². The van der Waals surface area contributed by atoms with Gasteiger partial charge in [0.2, 0.25) is 0 Å². The molecule has 0 aliphatic rings. The third kappa shape index (κ3) is 6.19. The van der Waals surface area contributed by atoms with Crippen molar-refractivity contribution in [2.75, 3.05) is 13.7 Å². The highest BCUT2D eigenvalue weighted by Gasteiger charge is 2.04. The minimum atomic E-state index is -0.492. The van der Waals surface area contributed by atoms with Crippen molar-refractivity contribution in [2.24, 2.45) is 0 Å². The fraction of sp³-hybridized carbons (Fsp3) is 0.111. The molecule has 0 aromatic heterocycles. The van der Waals surface area contributed by atoms with Crippen molar-refractivity contribution >= 4 is 29.5 Å². The molecule has 2 amide bonds. The summed E-state index contributed by atoms with van der Waals surface area (Å²) in [5, 5.41) is 0.575. The number of hydrazine groups is 1. The fourth-order valence-electron chi connectivity index (χ4n) is 1.86. The van der Waals surface area contributed by atoms with Crippen LogP contribution in [0.1, 0.15) is 5.56 Å². The fourth-order valence-corrected chi connectivity index (χ4v) is 1.98. The highest BCUT2D eigenvalue weighted by atomic mass is 35.5. The Kier molecular flexibility index (Phi) is 6.86. The number of hydrogen-bond donors (Lipinski definition) is 2. The van der Waals surface area contributed by atoms with Crippen LogP contribution in [0.15, 0.2) is 54.6 Å².